The van der Waals surface area contributed by atoms with Crippen molar-refractivity contribution in [3.8, 4) is 0 Å². The molecule has 1 saturated heterocycles. The lowest BCUT2D eigenvalue weighted by Crippen LogP contribution is -2.43. The Morgan fingerprint density at radius 2 is 1.92 bits per heavy atom. The molecule has 1 aliphatic heterocycles. The predicted octanol–water partition coefficient (Wildman–Crippen LogP) is 1.01. The third-order valence-electron chi connectivity index (χ3n) is 2.62. The van der Waals surface area contributed by atoms with Gasteiger partial charge in [0.2, 0.25) is 0 Å². The van der Waals surface area contributed by atoms with Gasteiger partial charge in [0.25, 0.3) is 5.91 Å². The summed E-state index contributed by atoms with van der Waals surface area (Å²) in [6, 6.07) is 0. The molecule has 0 bridgehead atoms. The van der Waals surface area contributed by atoms with Crippen LogP contribution in [0.2, 0.25) is 0 Å². The zero-order chi connectivity index (χ0) is 10.4. The fourth-order valence-corrected chi connectivity index (χ4v) is 1.62. The van der Waals surface area contributed by atoms with Crippen LogP contribution < -0.4 is 0 Å². The van der Waals surface area contributed by atoms with E-state index in [9.17, 15) is 9.90 Å². The summed E-state index contributed by atoms with van der Waals surface area (Å²) in [6.45, 7) is 10.4. The van der Waals surface area contributed by atoms with Crippen LogP contribution in [0.1, 0.15) is 34.6 Å². The van der Waals surface area contributed by atoms with Crippen LogP contribution in [0.15, 0.2) is 0 Å². The van der Waals surface area contributed by atoms with E-state index in [1.54, 1.807) is 4.90 Å². The van der Waals surface area contributed by atoms with Crippen LogP contribution >= 0.6 is 0 Å². The SMILES string of the molecule is CC1(C)CN(C(C)(C)C)C(=O)[C@H]1O. The minimum atomic E-state index is -0.841. The summed E-state index contributed by atoms with van der Waals surface area (Å²) < 4.78 is 0. The van der Waals surface area contributed by atoms with Crippen LogP contribution in [-0.2, 0) is 4.79 Å². The third-order valence-corrected chi connectivity index (χ3v) is 2.62. The molecule has 0 spiro atoms. The van der Waals surface area contributed by atoms with E-state index in [2.05, 4.69) is 0 Å². The van der Waals surface area contributed by atoms with Gasteiger partial charge in [-0.3, -0.25) is 4.79 Å². The van der Waals surface area contributed by atoms with Gasteiger partial charge in [-0.15, -0.1) is 0 Å². The number of amides is 1. The van der Waals surface area contributed by atoms with Crippen LogP contribution in [0, 0.1) is 5.41 Å². The van der Waals surface area contributed by atoms with Gasteiger partial charge in [0, 0.05) is 17.5 Å². The normalized spacial score (nSPS) is 28.3. The molecular weight excluding hydrogens is 166 g/mol. The molecule has 0 aromatic carbocycles. The Labute approximate surface area is 79.7 Å². The highest BCUT2D eigenvalue weighted by atomic mass is 16.3. The Morgan fingerprint density at radius 1 is 1.46 bits per heavy atom. The van der Waals surface area contributed by atoms with E-state index in [0.29, 0.717) is 6.54 Å². The molecule has 0 saturated carbocycles. The zero-order valence-electron chi connectivity index (χ0n) is 9.09. The maximum absolute atomic E-state index is 11.6. The quantitative estimate of drug-likeness (QED) is 0.612. The number of hydrogen-bond donors (Lipinski definition) is 1. The predicted molar refractivity (Wildman–Crippen MR) is 51.3 cm³/mol. The Balaban J connectivity index is 2.91. The van der Waals surface area contributed by atoms with Gasteiger partial charge in [-0.25, -0.2) is 0 Å². The lowest BCUT2D eigenvalue weighted by Gasteiger charge is -2.32. The molecule has 3 nitrogen and oxygen atoms in total. The topological polar surface area (TPSA) is 40.5 Å². The molecule has 0 unspecified atom stereocenters. The van der Waals surface area contributed by atoms with Crippen molar-refractivity contribution in [2.24, 2.45) is 5.41 Å². The molecule has 1 N–H and O–H groups in total. The van der Waals surface area contributed by atoms with Crippen molar-refractivity contribution >= 4 is 5.91 Å². The molecule has 0 radical (unpaired) electrons. The molecule has 13 heavy (non-hydrogen) atoms. The average Bonchev–Trinajstić information content (AvgIpc) is 2.12. The van der Waals surface area contributed by atoms with Gasteiger partial charge in [-0.1, -0.05) is 13.8 Å². The molecular formula is C10H19NO2. The van der Waals surface area contributed by atoms with Crippen molar-refractivity contribution in [2.45, 2.75) is 46.3 Å². The largest absolute Gasteiger partial charge is 0.383 e. The highest BCUT2D eigenvalue weighted by molar-refractivity contribution is 5.84. The number of hydrogen-bond acceptors (Lipinski definition) is 2. The second-order valence-electron chi connectivity index (χ2n) is 5.49. The highest BCUT2D eigenvalue weighted by Crippen LogP contribution is 2.34. The molecule has 1 aliphatic rings. The number of rotatable bonds is 0. The molecule has 1 amide bonds. The van der Waals surface area contributed by atoms with Gasteiger partial charge in [0.15, 0.2) is 0 Å². The summed E-state index contributed by atoms with van der Waals surface area (Å²) in [4.78, 5) is 13.4. The first kappa shape index (κ1) is 10.5. The molecule has 1 atom stereocenters. The second kappa shape index (κ2) is 2.71. The summed E-state index contributed by atoms with van der Waals surface area (Å²) in [7, 11) is 0. The van der Waals surface area contributed by atoms with Crippen molar-refractivity contribution in [1.82, 2.24) is 4.90 Å². The van der Waals surface area contributed by atoms with Crippen molar-refractivity contribution in [3.05, 3.63) is 0 Å². The highest BCUT2D eigenvalue weighted by Gasteiger charge is 2.48. The molecule has 1 fully saturated rings. The molecule has 1 heterocycles. The summed E-state index contributed by atoms with van der Waals surface area (Å²) in [5, 5.41) is 9.67. The molecule has 0 aliphatic carbocycles. The van der Waals surface area contributed by atoms with Gasteiger partial charge in [-0.2, -0.15) is 0 Å². The lowest BCUT2D eigenvalue weighted by atomic mass is 9.90. The number of carbonyl (C=O) groups excluding carboxylic acids is 1. The minimum Gasteiger partial charge on any atom is -0.383 e. The maximum Gasteiger partial charge on any atom is 0.252 e. The minimum absolute atomic E-state index is 0.141. The first-order chi connectivity index (χ1) is 5.66. The third kappa shape index (κ3) is 1.70. The van der Waals surface area contributed by atoms with E-state index in [1.165, 1.54) is 0 Å². The van der Waals surface area contributed by atoms with Crippen LogP contribution in [0.4, 0.5) is 0 Å². The number of aliphatic hydroxyl groups is 1. The van der Waals surface area contributed by atoms with Gasteiger partial charge < -0.3 is 10.0 Å². The van der Waals surface area contributed by atoms with E-state index in [-0.39, 0.29) is 16.9 Å². The number of aliphatic hydroxyl groups excluding tert-OH is 1. The lowest BCUT2D eigenvalue weighted by molar-refractivity contribution is -0.139. The standard InChI is InChI=1S/C10H19NO2/c1-9(2,3)11-6-10(4,5)7(12)8(11)13/h7,12H,6H2,1-5H3/t7-/m1/s1. The molecule has 76 valence electrons. The molecule has 1 rings (SSSR count). The van der Waals surface area contributed by atoms with Gasteiger partial charge in [0.05, 0.1) is 0 Å². The summed E-state index contributed by atoms with van der Waals surface area (Å²) in [5.74, 6) is -0.141. The van der Waals surface area contributed by atoms with E-state index >= 15 is 0 Å². The molecule has 0 aromatic heterocycles. The van der Waals surface area contributed by atoms with Crippen molar-refractivity contribution in [1.29, 1.82) is 0 Å². The second-order valence-corrected chi connectivity index (χ2v) is 5.49. The summed E-state index contributed by atoms with van der Waals surface area (Å²) >= 11 is 0. The van der Waals surface area contributed by atoms with Gasteiger partial charge >= 0.3 is 0 Å². The Bertz CT molecular complexity index is 228. The number of carbonyl (C=O) groups is 1. The van der Waals surface area contributed by atoms with Crippen LogP contribution in [0.25, 0.3) is 0 Å². The fourth-order valence-electron chi connectivity index (χ4n) is 1.62. The van der Waals surface area contributed by atoms with Crippen LogP contribution in [0.5, 0.6) is 0 Å². The van der Waals surface area contributed by atoms with Crippen molar-refractivity contribution in [2.75, 3.05) is 6.54 Å². The smallest absolute Gasteiger partial charge is 0.252 e. The number of likely N-dealkylation sites (tertiary alicyclic amines) is 1. The van der Waals surface area contributed by atoms with E-state index < -0.39 is 6.10 Å². The Hall–Kier alpha value is -0.570. The summed E-state index contributed by atoms with van der Waals surface area (Å²) in [5.41, 5.74) is -0.504. The zero-order valence-corrected chi connectivity index (χ0v) is 9.09. The van der Waals surface area contributed by atoms with Gasteiger partial charge in [-0.05, 0) is 20.8 Å². The first-order valence-corrected chi connectivity index (χ1v) is 4.66. The van der Waals surface area contributed by atoms with Crippen molar-refractivity contribution < 1.29 is 9.90 Å². The van der Waals surface area contributed by atoms with E-state index in [4.69, 9.17) is 0 Å². The monoisotopic (exact) mass is 185 g/mol. The van der Waals surface area contributed by atoms with Gasteiger partial charge in [0.1, 0.15) is 6.10 Å². The van der Waals surface area contributed by atoms with Crippen LogP contribution in [0.3, 0.4) is 0 Å². The first-order valence-electron chi connectivity index (χ1n) is 4.66. The van der Waals surface area contributed by atoms with E-state index in [1.807, 2.05) is 34.6 Å². The Morgan fingerprint density at radius 3 is 2.08 bits per heavy atom. The molecule has 0 aromatic rings. The number of nitrogens with zero attached hydrogens (tertiary/aromatic N) is 1. The average molecular weight is 185 g/mol. The van der Waals surface area contributed by atoms with Crippen LogP contribution in [-0.4, -0.2) is 34.1 Å². The Kier molecular flexibility index (Phi) is 2.19. The molecule has 3 heteroatoms. The van der Waals surface area contributed by atoms with Crippen molar-refractivity contribution in [3.63, 3.8) is 0 Å². The fraction of sp³-hybridized carbons (Fsp3) is 0.900. The summed E-state index contributed by atoms with van der Waals surface area (Å²) in [6.07, 6.45) is -0.841. The maximum atomic E-state index is 11.6. The van der Waals surface area contributed by atoms with E-state index in [0.717, 1.165) is 0 Å².